The average Bonchev–Trinajstić information content (AvgIpc) is 2.63. The number of benzene rings is 2. The zero-order valence-corrected chi connectivity index (χ0v) is 13.0. The van der Waals surface area contributed by atoms with Gasteiger partial charge in [-0.05, 0) is 54.4 Å². The van der Waals surface area contributed by atoms with Crippen molar-refractivity contribution in [2.24, 2.45) is 0 Å². The van der Waals surface area contributed by atoms with Gasteiger partial charge in [-0.3, -0.25) is 15.0 Å². The summed E-state index contributed by atoms with van der Waals surface area (Å²) in [5.74, 6) is -0.219. The van der Waals surface area contributed by atoms with E-state index in [1.807, 2.05) is 30.3 Å². The third-order valence-electron chi connectivity index (χ3n) is 3.96. The lowest BCUT2D eigenvalue weighted by Gasteiger charge is -2.10. The predicted octanol–water partition coefficient (Wildman–Crippen LogP) is 4.61. The SMILES string of the molecule is Cc1cc(-c2nc[c]cc2-c2ccc3nccnc3c2)ccc1F. The fraction of sp³-hybridized carbons (Fsp3) is 0.0500. The van der Waals surface area contributed by atoms with Crippen molar-refractivity contribution in [1.82, 2.24) is 15.0 Å². The summed E-state index contributed by atoms with van der Waals surface area (Å²) in [6.45, 7) is 1.75. The van der Waals surface area contributed by atoms with E-state index in [2.05, 4.69) is 21.0 Å². The van der Waals surface area contributed by atoms with Crippen LogP contribution in [0.5, 0.6) is 0 Å². The highest BCUT2D eigenvalue weighted by atomic mass is 19.1. The smallest absolute Gasteiger partial charge is 0.126 e. The maximum absolute atomic E-state index is 13.6. The summed E-state index contributed by atoms with van der Waals surface area (Å²) in [6, 6.07) is 15.8. The van der Waals surface area contributed by atoms with Crippen LogP contribution >= 0.6 is 0 Å². The fourth-order valence-corrected chi connectivity index (χ4v) is 2.73. The Labute approximate surface area is 138 Å². The number of hydrogen-bond donors (Lipinski definition) is 0. The third-order valence-corrected chi connectivity index (χ3v) is 3.96. The molecule has 4 heteroatoms. The molecule has 0 aliphatic heterocycles. The molecule has 2 aromatic carbocycles. The molecule has 0 saturated heterocycles. The van der Waals surface area contributed by atoms with E-state index in [0.717, 1.165) is 33.4 Å². The third kappa shape index (κ3) is 2.52. The maximum Gasteiger partial charge on any atom is 0.126 e. The molecule has 4 rings (SSSR count). The van der Waals surface area contributed by atoms with Crippen LogP contribution in [0.4, 0.5) is 4.39 Å². The van der Waals surface area contributed by atoms with Crippen LogP contribution in [-0.2, 0) is 0 Å². The van der Waals surface area contributed by atoms with Crippen molar-refractivity contribution < 1.29 is 4.39 Å². The van der Waals surface area contributed by atoms with Crippen LogP contribution in [0, 0.1) is 18.8 Å². The number of aryl methyl sites for hydroxylation is 1. The maximum atomic E-state index is 13.6. The predicted molar refractivity (Wildman–Crippen MR) is 91.7 cm³/mol. The fourth-order valence-electron chi connectivity index (χ4n) is 2.73. The Hall–Kier alpha value is -3.14. The number of pyridine rings is 1. The van der Waals surface area contributed by atoms with E-state index in [1.165, 1.54) is 6.07 Å². The molecule has 24 heavy (non-hydrogen) atoms. The van der Waals surface area contributed by atoms with Gasteiger partial charge in [-0.1, -0.05) is 6.07 Å². The summed E-state index contributed by atoms with van der Waals surface area (Å²) in [5, 5.41) is 0. The van der Waals surface area contributed by atoms with E-state index >= 15 is 0 Å². The topological polar surface area (TPSA) is 38.7 Å². The largest absolute Gasteiger partial charge is 0.255 e. The molecule has 0 saturated carbocycles. The first-order chi connectivity index (χ1) is 11.7. The van der Waals surface area contributed by atoms with Crippen molar-refractivity contribution in [3.05, 3.63) is 78.5 Å². The lowest BCUT2D eigenvalue weighted by atomic mass is 9.98. The monoisotopic (exact) mass is 314 g/mol. The second-order valence-electron chi connectivity index (χ2n) is 5.56. The molecule has 2 heterocycles. The molecule has 0 atom stereocenters. The molecule has 0 N–H and O–H groups in total. The number of aromatic nitrogens is 3. The lowest BCUT2D eigenvalue weighted by molar-refractivity contribution is 0.619. The Bertz CT molecular complexity index is 1040. The van der Waals surface area contributed by atoms with E-state index in [9.17, 15) is 4.39 Å². The molecule has 0 fully saturated rings. The van der Waals surface area contributed by atoms with Crippen LogP contribution in [0.3, 0.4) is 0 Å². The van der Waals surface area contributed by atoms with Gasteiger partial charge >= 0.3 is 0 Å². The van der Waals surface area contributed by atoms with Gasteiger partial charge in [-0.15, -0.1) is 0 Å². The molecule has 4 aromatic rings. The van der Waals surface area contributed by atoms with E-state index in [0.29, 0.717) is 5.56 Å². The number of nitrogens with zero attached hydrogens (tertiary/aromatic N) is 3. The van der Waals surface area contributed by atoms with Crippen LogP contribution in [-0.4, -0.2) is 15.0 Å². The van der Waals surface area contributed by atoms with Gasteiger partial charge in [0, 0.05) is 35.8 Å². The lowest BCUT2D eigenvalue weighted by Crippen LogP contribution is -1.92. The quantitative estimate of drug-likeness (QED) is 0.542. The van der Waals surface area contributed by atoms with Crippen LogP contribution in [0.25, 0.3) is 33.4 Å². The first-order valence-electron chi connectivity index (χ1n) is 7.56. The van der Waals surface area contributed by atoms with E-state index in [1.54, 1.807) is 31.6 Å². The Balaban J connectivity index is 1.90. The van der Waals surface area contributed by atoms with Gasteiger partial charge in [0.15, 0.2) is 0 Å². The normalized spacial score (nSPS) is 10.9. The summed E-state index contributed by atoms with van der Waals surface area (Å²) in [6.07, 6.45) is 4.97. The molecule has 0 amide bonds. The summed E-state index contributed by atoms with van der Waals surface area (Å²) < 4.78 is 13.6. The molecule has 115 valence electrons. The minimum absolute atomic E-state index is 0.219. The van der Waals surface area contributed by atoms with Crippen LogP contribution in [0.2, 0.25) is 0 Å². The summed E-state index contributed by atoms with van der Waals surface area (Å²) in [4.78, 5) is 13.1. The van der Waals surface area contributed by atoms with E-state index in [4.69, 9.17) is 0 Å². The highest BCUT2D eigenvalue weighted by molar-refractivity contribution is 5.86. The summed E-state index contributed by atoms with van der Waals surface area (Å²) >= 11 is 0. The molecule has 2 aromatic heterocycles. The van der Waals surface area contributed by atoms with Crippen molar-refractivity contribution in [1.29, 1.82) is 0 Å². The Morgan fingerprint density at radius 1 is 0.875 bits per heavy atom. The van der Waals surface area contributed by atoms with Gasteiger partial charge in [-0.2, -0.15) is 0 Å². The number of rotatable bonds is 2. The highest BCUT2D eigenvalue weighted by Gasteiger charge is 2.11. The molecular weight excluding hydrogens is 301 g/mol. The van der Waals surface area contributed by atoms with Crippen LogP contribution in [0.1, 0.15) is 5.56 Å². The average molecular weight is 314 g/mol. The standard InChI is InChI=1S/C20H13FN3/c1-13-11-15(4-6-17(13)21)20-16(3-2-8-24-20)14-5-7-18-19(12-14)23-10-9-22-18/h3-12H,1H3. The van der Waals surface area contributed by atoms with Crippen molar-refractivity contribution >= 4 is 11.0 Å². The first kappa shape index (κ1) is 14.5. The zero-order chi connectivity index (χ0) is 16.5. The Kier molecular flexibility index (Phi) is 3.50. The van der Waals surface area contributed by atoms with E-state index in [-0.39, 0.29) is 5.82 Å². The number of fused-ring (bicyclic) bond motifs is 1. The van der Waals surface area contributed by atoms with Gasteiger partial charge in [0.2, 0.25) is 0 Å². The molecule has 3 nitrogen and oxygen atoms in total. The van der Waals surface area contributed by atoms with Crippen molar-refractivity contribution in [3.63, 3.8) is 0 Å². The van der Waals surface area contributed by atoms with Crippen LogP contribution < -0.4 is 0 Å². The van der Waals surface area contributed by atoms with E-state index < -0.39 is 0 Å². The second-order valence-corrected chi connectivity index (χ2v) is 5.56. The van der Waals surface area contributed by atoms with Crippen LogP contribution in [0.15, 0.2) is 61.1 Å². The minimum atomic E-state index is -0.219. The molecule has 0 bridgehead atoms. The van der Waals surface area contributed by atoms with Gasteiger partial charge in [0.25, 0.3) is 0 Å². The molecule has 0 spiro atoms. The first-order valence-corrected chi connectivity index (χ1v) is 7.56. The molecular formula is C20H13FN3. The van der Waals surface area contributed by atoms with Gasteiger partial charge < -0.3 is 0 Å². The molecule has 0 aliphatic rings. The molecule has 0 unspecified atom stereocenters. The van der Waals surface area contributed by atoms with Gasteiger partial charge in [0.05, 0.1) is 16.7 Å². The van der Waals surface area contributed by atoms with Crippen molar-refractivity contribution in [2.75, 3.05) is 0 Å². The molecule has 0 aliphatic carbocycles. The Morgan fingerprint density at radius 3 is 2.50 bits per heavy atom. The zero-order valence-electron chi connectivity index (χ0n) is 13.0. The van der Waals surface area contributed by atoms with Gasteiger partial charge in [0.1, 0.15) is 5.82 Å². The highest BCUT2D eigenvalue weighted by Crippen LogP contribution is 2.31. The minimum Gasteiger partial charge on any atom is -0.255 e. The summed E-state index contributed by atoms with van der Waals surface area (Å²) in [7, 11) is 0. The number of halogens is 1. The van der Waals surface area contributed by atoms with Gasteiger partial charge in [-0.25, -0.2) is 4.39 Å². The Morgan fingerprint density at radius 2 is 1.67 bits per heavy atom. The summed E-state index contributed by atoms with van der Waals surface area (Å²) in [5.41, 5.74) is 5.82. The van der Waals surface area contributed by atoms with Crippen molar-refractivity contribution in [3.8, 4) is 22.4 Å². The van der Waals surface area contributed by atoms with Crippen molar-refractivity contribution in [2.45, 2.75) is 6.92 Å². The number of hydrogen-bond acceptors (Lipinski definition) is 3. The molecule has 1 radical (unpaired) electrons. The second kappa shape index (κ2) is 5.81.